The molecule has 2 N–H and O–H groups in total. The number of pyridine rings is 2. The predicted molar refractivity (Wildman–Crippen MR) is 136 cm³/mol. The van der Waals surface area contributed by atoms with Gasteiger partial charge in [0.05, 0.1) is 5.69 Å². The number of aromatic nitrogens is 2. The maximum atomic E-state index is 13.0. The van der Waals surface area contributed by atoms with Crippen LogP contribution in [0.25, 0.3) is 21.3 Å². The largest absolute Gasteiger partial charge is 0.490 e. The van der Waals surface area contributed by atoms with Gasteiger partial charge in [-0.1, -0.05) is 29.8 Å². The molecule has 0 unspecified atom stereocenters. The number of nitrogens with one attached hydrogen (secondary N) is 1. The molecule has 36 heavy (non-hydrogen) atoms. The fourth-order valence-corrected chi connectivity index (χ4v) is 5.99. The molecule has 0 aliphatic carbocycles. The summed E-state index contributed by atoms with van der Waals surface area (Å²) < 4.78 is 61.2. The Kier molecular flexibility index (Phi) is 8.06. The number of carboxylic acid groups (broad SMARTS) is 1. The van der Waals surface area contributed by atoms with Gasteiger partial charge in [0.25, 0.3) is 10.0 Å². The summed E-state index contributed by atoms with van der Waals surface area (Å²) in [6, 6.07) is 11.5. The van der Waals surface area contributed by atoms with E-state index in [0.29, 0.717) is 10.2 Å². The summed E-state index contributed by atoms with van der Waals surface area (Å²) >= 11 is 4.85. The Morgan fingerprint density at radius 1 is 1.11 bits per heavy atom. The lowest BCUT2D eigenvalue weighted by Crippen LogP contribution is -2.21. The molecule has 0 aliphatic rings. The molecular formula is C23H19BrF3N3O4S2. The minimum absolute atomic E-state index is 0.0959. The fourth-order valence-electron chi connectivity index (χ4n) is 3.30. The maximum Gasteiger partial charge on any atom is 0.490 e. The zero-order chi connectivity index (χ0) is 26.8. The average molecular weight is 602 g/mol. The van der Waals surface area contributed by atoms with E-state index in [1.54, 1.807) is 23.6 Å². The molecule has 0 radical (unpaired) electrons. The van der Waals surface area contributed by atoms with Crippen LogP contribution in [0.2, 0.25) is 0 Å². The second kappa shape index (κ2) is 10.5. The first kappa shape index (κ1) is 27.6. The number of fused-ring (bicyclic) bond motifs is 1. The van der Waals surface area contributed by atoms with Crippen LogP contribution in [0, 0.1) is 20.8 Å². The van der Waals surface area contributed by atoms with Crippen LogP contribution >= 0.6 is 27.3 Å². The monoisotopic (exact) mass is 601 g/mol. The Balaban J connectivity index is 0.000000454. The first-order valence-corrected chi connectivity index (χ1v) is 13.2. The van der Waals surface area contributed by atoms with Crippen molar-refractivity contribution in [2.24, 2.45) is 0 Å². The molecule has 3 heterocycles. The highest BCUT2D eigenvalue weighted by atomic mass is 79.9. The fraction of sp³-hybridized carbons (Fsp3) is 0.174. The van der Waals surface area contributed by atoms with E-state index < -0.39 is 22.2 Å². The van der Waals surface area contributed by atoms with Crippen molar-refractivity contribution in [2.75, 3.05) is 4.72 Å². The maximum absolute atomic E-state index is 13.0. The number of hydrogen-bond donors (Lipinski definition) is 2. The molecule has 0 saturated heterocycles. The lowest BCUT2D eigenvalue weighted by molar-refractivity contribution is -0.192. The third-order valence-electron chi connectivity index (χ3n) is 4.75. The highest BCUT2D eigenvalue weighted by Gasteiger charge is 2.38. The van der Waals surface area contributed by atoms with Gasteiger partial charge >= 0.3 is 12.1 Å². The van der Waals surface area contributed by atoms with Crippen LogP contribution in [0.15, 0.2) is 58.2 Å². The Labute approximate surface area is 217 Å². The lowest BCUT2D eigenvalue weighted by Gasteiger charge is -2.12. The number of thiophene rings is 1. The Morgan fingerprint density at radius 2 is 1.78 bits per heavy atom. The number of sulfonamides is 1. The number of aliphatic carboxylic acids is 1. The van der Waals surface area contributed by atoms with Crippen molar-refractivity contribution >= 4 is 59.2 Å². The quantitative estimate of drug-likeness (QED) is 0.277. The van der Waals surface area contributed by atoms with E-state index in [1.807, 2.05) is 39.0 Å². The number of carbonyl (C=O) groups is 1. The normalized spacial score (nSPS) is 11.6. The second-order valence-corrected chi connectivity index (χ2v) is 11.4. The Morgan fingerprint density at radius 3 is 2.36 bits per heavy atom. The molecule has 4 aromatic rings. The third kappa shape index (κ3) is 6.39. The highest BCUT2D eigenvalue weighted by Crippen LogP contribution is 2.42. The number of rotatable bonds is 4. The third-order valence-corrected chi connectivity index (χ3v) is 7.52. The molecule has 0 fully saturated rings. The van der Waals surface area contributed by atoms with E-state index in [1.165, 1.54) is 12.3 Å². The summed E-state index contributed by atoms with van der Waals surface area (Å²) in [5, 5.41) is 7.94. The number of aryl methyl sites for hydroxylation is 3. The summed E-state index contributed by atoms with van der Waals surface area (Å²) in [5.41, 5.74) is 4.46. The van der Waals surface area contributed by atoms with Gasteiger partial charge in [0.2, 0.25) is 0 Å². The van der Waals surface area contributed by atoms with E-state index >= 15 is 0 Å². The zero-order valence-corrected chi connectivity index (χ0v) is 22.2. The first-order chi connectivity index (χ1) is 16.7. The number of alkyl halides is 3. The van der Waals surface area contributed by atoms with Gasteiger partial charge in [0.15, 0.2) is 0 Å². The summed E-state index contributed by atoms with van der Waals surface area (Å²) in [6.07, 6.45) is -2.20. The first-order valence-electron chi connectivity index (χ1n) is 10.1. The summed E-state index contributed by atoms with van der Waals surface area (Å²) in [4.78, 5) is 19.5. The molecule has 3 aromatic heterocycles. The summed E-state index contributed by atoms with van der Waals surface area (Å²) in [5.74, 6) is -2.76. The highest BCUT2D eigenvalue weighted by molar-refractivity contribution is 9.10. The number of benzene rings is 1. The van der Waals surface area contributed by atoms with Crippen LogP contribution < -0.4 is 4.72 Å². The van der Waals surface area contributed by atoms with Gasteiger partial charge in [0.1, 0.15) is 9.73 Å². The number of anilines is 1. The topological polar surface area (TPSA) is 109 Å². The summed E-state index contributed by atoms with van der Waals surface area (Å²) in [7, 11) is -3.81. The van der Waals surface area contributed by atoms with Crippen LogP contribution in [0.4, 0.5) is 18.9 Å². The van der Waals surface area contributed by atoms with Gasteiger partial charge in [-0.2, -0.15) is 13.2 Å². The summed E-state index contributed by atoms with van der Waals surface area (Å²) in [6.45, 7) is 5.94. The molecule has 0 spiro atoms. The van der Waals surface area contributed by atoms with Crippen molar-refractivity contribution in [3.8, 4) is 11.1 Å². The molecule has 0 bridgehead atoms. The van der Waals surface area contributed by atoms with Crippen LogP contribution in [0.3, 0.4) is 0 Å². The van der Waals surface area contributed by atoms with Gasteiger partial charge in [-0.15, -0.1) is 11.3 Å². The number of halogens is 4. The zero-order valence-electron chi connectivity index (χ0n) is 19.0. The molecule has 0 aliphatic heterocycles. The van der Waals surface area contributed by atoms with Crippen molar-refractivity contribution in [1.82, 2.24) is 9.97 Å². The van der Waals surface area contributed by atoms with Crippen molar-refractivity contribution < 1.29 is 31.5 Å². The molecule has 0 saturated carbocycles. The van der Waals surface area contributed by atoms with Gasteiger partial charge in [-0.05, 0) is 54.4 Å². The van der Waals surface area contributed by atoms with Crippen molar-refractivity contribution in [3.05, 3.63) is 69.4 Å². The van der Waals surface area contributed by atoms with E-state index in [-0.39, 0.29) is 4.90 Å². The SMILES string of the molecule is Cc1cccc(-c2c(C)sc3nc(C)cc(NS(=O)(=O)c4cncc(Br)c4)c23)c1.O=C(O)C(F)(F)F. The van der Waals surface area contributed by atoms with Gasteiger partial charge < -0.3 is 5.11 Å². The van der Waals surface area contributed by atoms with Crippen molar-refractivity contribution in [3.63, 3.8) is 0 Å². The Bertz CT molecular complexity index is 1550. The number of nitrogens with zero attached hydrogens (tertiary/aromatic N) is 2. The van der Waals surface area contributed by atoms with Crippen LogP contribution in [0.1, 0.15) is 16.1 Å². The average Bonchev–Trinajstić information content (AvgIpc) is 3.09. The van der Waals surface area contributed by atoms with E-state index in [9.17, 15) is 21.6 Å². The minimum Gasteiger partial charge on any atom is -0.475 e. The molecule has 0 atom stereocenters. The van der Waals surface area contributed by atoms with Crippen molar-refractivity contribution in [1.29, 1.82) is 0 Å². The minimum atomic E-state index is -5.08. The second-order valence-electron chi connectivity index (χ2n) is 7.64. The Hall–Kier alpha value is -3.03. The predicted octanol–water partition coefficient (Wildman–Crippen LogP) is 6.48. The molecule has 1 aromatic carbocycles. The smallest absolute Gasteiger partial charge is 0.475 e. The molecule has 0 amide bonds. The molecule has 7 nitrogen and oxygen atoms in total. The van der Waals surface area contributed by atoms with Gasteiger partial charge in [0, 0.05) is 38.4 Å². The molecule has 13 heteroatoms. The van der Waals surface area contributed by atoms with E-state index in [0.717, 1.165) is 37.5 Å². The van der Waals surface area contributed by atoms with Gasteiger partial charge in [-0.3, -0.25) is 9.71 Å². The standard InChI is InChI=1S/C21H18BrN3O2S2.C2HF3O2/c1-12-5-4-6-15(7-12)19-14(3)28-21-20(19)18(8-13(2)24-21)25-29(26,27)17-9-16(22)10-23-11-17;3-2(4,5)1(6)7/h4-11H,1-3H3,(H,24,25);(H,6,7). The van der Waals surface area contributed by atoms with Crippen LogP contribution in [0.5, 0.6) is 0 Å². The van der Waals surface area contributed by atoms with Crippen molar-refractivity contribution in [2.45, 2.75) is 31.8 Å². The van der Waals surface area contributed by atoms with E-state index in [4.69, 9.17) is 9.90 Å². The van der Waals surface area contributed by atoms with Crippen LogP contribution in [-0.4, -0.2) is 35.6 Å². The number of hydrogen-bond acceptors (Lipinski definition) is 6. The molecule has 190 valence electrons. The molecular weight excluding hydrogens is 583 g/mol. The lowest BCUT2D eigenvalue weighted by atomic mass is 10.0. The van der Waals surface area contributed by atoms with Crippen LogP contribution in [-0.2, 0) is 14.8 Å². The van der Waals surface area contributed by atoms with Gasteiger partial charge in [-0.25, -0.2) is 18.2 Å². The number of carboxylic acids is 1. The molecule has 4 rings (SSSR count). The van der Waals surface area contributed by atoms with E-state index in [2.05, 4.69) is 36.7 Å².